The van der Waals surface area contributed by atoms with Crippen LogP contribution in [-0.4, -0.2) is 30.5 Å². The molecule has 2 aromatic rings. The van der Waals surface area contributed by atoms with Gasteiger partial charge in [-0.1, -0.05) is 13.3 Å². The summed E-state index contributed by atoms with van der Waals surface area (Å²) in [7, 11) is 1.59. The maximum atomic E-state index is 12.5. The Hall–Kier alpha value is -2.41. The molecular weight excluding hydrogens is 362 g/mol. The summed E-state index contributed by atoms with van der Waals surface area (Å²) in [6.45, 7) is 2.80. The third kappa shape index (κ3) is 4.66. The van der Waals surface area contributed by atoms with Gasteiger partial charge in [0.2, 0.25) is 5.91 Å². The molecule has 0 saturated carbocycles. The van der Waals surface area contributed by atoms with Crippen LogP contribution in [0, 0.1) is 0 Å². The first kappa shape index (κ1) is 19.4. The molecule has 1 aromatic carbocycles. The molecule has 0 bridgehead atoms. The number of fused-ring (bicyclic) bond motifs is 1. The second-order valence-corrected chi connectivity index (χ2v) is 7.68. The van der Waals surface area contributed by atoms with E-state index < -0.39 is 0 Å². The zero-order chi connectivity index (χ0) is 19.2. The Bertz CT molecular complexity index is 801. The number of methoxy groups -OCH3 is 1. The van der Waals surface area contributed by atoms with Crippen molar-refractivity contribution < 1.29 is 14.3 Å². The van der Waals surface area contributed by atoms with Gasteiger partial charge in [-0.3, -0.25) is 14.9 Å². The van der Waals surface area contributed by atoms with Crippen LogP contribution in [0.1, 0.15) is 59.5 Å². The first-order valence-electron chi connectivity index (χ1n) is 9.35. The van der Waals surface area contributed by atoms with E-state index in [1.54, 1.807) is 31.4 Å². The zero-order valence-corrected chi connectivity index (χ0v) is 16.5. The number of ether oxygens (including phenoxy) is 1. The molecule has 6 nitrogen and oxygen atoms in total. The van der Waals surface area contributed by atoms with Crippen LogP contribution in [-0.2, 0) is 11.2 Å². The Kier molecular flexibility index (Phi) is 6.45. The molecule has 1 aromatic heterocycles. The lowest BCUT2D eigenvalue weighted by Crippen LogP contribution is -2.32. The number of amides is 2. The lowest BCUT2D eigenvalue weighted by atomic mass is 9.90. The molecule has 0 radical (unpaired) electrons. The summed E-state index contributed by atoms with van der Waals surface area (Å²) in [5, 5.41) is 6.42. The Labute approximate surface area is 163 Å². The van der Waals surface area contributed by atoms with Crippen LogP contribution in [0.4, 0.5) is 5.13 Å². The SMILES string of the molecule is CCCCNC(=O)C1CCCc2sc(NC(=O)c3ccc(OC)cc3)nc21. The predicted molar refractivity (Wildman–Crippen MR) is 107 cm³/mol. The number of unbranched alkanes of at least 4 members (excludes halogenated alkanes) is 1. The third-order valence-corrected chi connectivity index (χ3v) is 5.72. The van der Waals surface area contributed by atoms with Crippen LogP contribution < -0.4 is 15.4 Å². The highest BCUT2D eigenvalue weighted by molar-refractivity contribution is 7.15. The van der Waals surface area contributed by atoms with Crippen molar-refractivity contribution in [3.63, 3.8) is 0 Å². The molecule has 2 N–H and O–H groups in total. The van der Waals surface area contributed by atoms with E-state index in [2.05, 4.69) is 22.5 Å². The molecule has 1 aliphatic rings. The van der Waals surface area contributed by atoms with Gasteiger partial charge in [0, 0.05) is 17.0 Å². The van der Waals surface area contributed by atoms with Gasteiger partial charge in [0.05, 0.1) is 18.7 Å². The van der Waals surface area contributed by atoms with E-state index in [-0.39, 0.29) is 17.7 Å². The van der Waals surface area contributed by atoms with Crippen molar-refractivity contribution in [2.75, 3.05) is 19.0 Å². The van der Waals surface area contributed by atoms with Crippen LogP contribution >= 0.6 is 11.3 Å². The van der Waals surface area contributed by atoms with E-state index in [4.69, 9.17) is 4.74 Å². The lowest BCUT2D eigenvalue weighted by molar-refractivity contribution is -0.122. The van der Waals surface area contributed by atoms with Crippen molar-refractivity contribution in [1.82, 2.24) is 10.3 Å². The number of benzene rings is 1. The van der Waals surface area contributed by atoms with Crippen molar-refractivity contribution in [3.8, 4) is 5.75 Å². The fourth-order valence-corrected chi connectivity index (χ4v) is 4.21. The monoisotopic (exact) mass is 387 g/mol. The minimum absolute atomic E-state index is 0.0442. The summed E-state index contributed by atoms with van der Waals surface area (Å²) in [6, 6.07) is 6.92. The number of carbonyl (C=O) groups excluding carboxylic acids is 2. The second kappa shape index (κ2) is 8.99. The zero-order valence-electron chi connectivity index (χ0n) is 15.7. The molecule has 1 atom stereocenters. The van der Waals surface area contributed by atoms with Gasteiger partial charge in [-0.2, -0.15) is 0 Å². The van der Waals surface area contributed by atoms with E-state index in [0.717, 1.165) is 42.7 Å². The molecule has 144 valence electrons. The van der Waals surface area contributed by atoms with Crippen LogP contribution in [0.3, 0.4) is 0 Å². The number of hydrogen-bond donors (Lipinski definition) is 2. The van der Waals surface area contributed by atoms with Crippen LogP contribution in [0.25, 0.3) is 0 Å². The Morgan fingerprint density at radius 2 is 2.07 bits per heavy atom. The van der Waals surface area contributed by atoms with E-state index in [1.165, 1.54) is 11.3 Å². The van der Waals surface area contributed by atoms with Gasteiger partial charge in [0.15, 0.2) is 5.13 Å². The van der Waals surface area contributed by atoms with Gasteiger partial charge in [-0.25, -0.2) is 4.98 Å². The largest absolute Gasteiger partial charge is 0.497 e. The second-order valence-electron chi connectivity index (χ2n) is 6.60. The lowest BCUT2D eigenvalue weighted by Gasteiger charge is -2.20. The average Bonchev–Trinajstić information content (AvgIpc) is 3.10. The molecule has 0 aliphatic heterocycles. The molecule has 1 aliphatic carbocycles. The molecule has 0 saturated heterocycles. The fourth-order valence-electron chi connectivity index (χ4n) is 3.15. The number of carbonyl (C=O) groups is 2. The Balaban J connectivity index is 1.69. The average molecular weight is 388 g/mol. The highest BCUT2D eigenvalue weighted by Crippen LogP contribution is 2.37. The summed E-state index contributed by atoms with van der Waals surface area (Å²) in [4.78, 5) is 30.6. The first-order chi connectivity index (χ1) is 13.1. The quantitative estimate of drug-likeness (QED) is 0.709. The fraction of sp³-hybridized carbons (Fsp3) is 0.450. The standard InChI is InChI=1S/C20H25N3O3S/c1-3-4-12-21-19(25)15-6-5-7-16-17(15)22-20(27-16)23-18(24)13-8-10-14(26-2)11-9-13/h8-11,15H,3-7,12H2,1-2H3,(H,21,25)(H,22,23,24). The summed E-state index contributed by atoms with van der Waals surface area (Å²) in [5.41, 5.74) is 1.36. The highest BCUT2D eigenvalue weighted by atomic mass is 32.1. The molecule has 2 amide bonds. The first-order valence-corrected chi connectivity index (χ1v) is 10.2. The third-order valence-electron chi connectivity index (χ3n) is 4.67. The predicted octanol–water partition coefficient (Wildman–Crippen LogP) is 3.74. The van der Waals surface area contributed by atoms with Gasteiger partial charge in [-0.15, -0.1) is 11.3 Å². The van der Waals surface area contributed by atoms with E-state index in [1.807, 2.05) is 0 Å². The maximum Gasteiger partial charge on any atom is 0.257 e. The van der Waals surface area contributed by atoms with Crippen molar-refractivity contribution in [2.45, 2.75) is 44.9 Å². The number of anilines is 1. The van der Waals surface area contributed by atoms with Gasteiger partial charge >= 0.3 is 0 Å². The topological polar surface area (TPSA) is 80.3 Å². The van der Waals surface area contributed by atoms with E-state index >= 15 is 0 Å². The summed E-state index contributed by atoms with van der Waals surface area (Å²) in [6.07, 6.45) is 4.71. The molecule has 0 spiro atoms. The van der Waals surface area contributed by atoms with Crippen LogP contribution in [0.2, 0.25) is 0 Å². The molecule has 3 rings (SSSR count). The van der Waals surface area contributed by atoms with Crippen molar-refractivity contribution in [2.24, 2.45) is 0 Å². The molecule has 1 unspecified atom stereocenters. The number of aryl methyl sites for hydroxylation is 1. The molecule has 27 heavy (non-hydrogen) atoms. The summed E-state index contributed by atoms with van der Waals surface area (Å²) in [5.74, 6) is 0.317. The van der Waals surface area contributed by atoms with Crippen molar-refractivity contribution in [3.05, 3.63) is 40.4 Å². The summed E-state index contributed by atoms with van der Waals surface area (Å²) >= 11 is 1.47. The van der Waals surface area contributed by atoms with E-state index in [0.29, 0.717) is 23.0 Å². The smallest absolute Gasteiger partial charge is 0.257 e. The molecule has 7 heteroatoms. The molecule has 1 heterocycles. The van der Waals surface area contributed by atoms with Crippen molar-refractivity contribution in [1.29, 1.82) is 0 Å². The number of aromatic nitrogens is 1. The van der Waals surface area contributed by atoms with Crippen molar-refractivity contribution >= 4 is 28.3 Å². The number of thiazole rings is 1. The molecule has 0 fully saturated rings. The maximum absolute atomic E-state index is 12.5. The van der Waals surface area contributed by atoms with Crippen LogP contribution in [0.5, 0.6) is 5.75 Å². The number of nitrogens with one attached hydrogen (secondary N) is 2. The van der Waals surface area contributed by atoms with Gasteiger partial charge < -0.3 is 10.1 Å². The number of nitrogens with zero attached hydrogens (tertiary/aromatic N) is 1. The normalized spacial score (nSPS) is 15.7. The highest BCUT2D eigenvalue weighted by Gasteiger charge is 2.30. The van der Waals surface area contributed by atoms with Gasteiger partial charge in [0.25, 0.3) is 5.91 Å². The Morgan fingerprint density at radius 1 is 1.30 bits per heavy atom. The minimum atomic E-state index is -0.215. The number of hydrogen-bond acceptors (Lipinski definition) is 5. The van der Waals surface area contributed by atoms with Gasteiger partial charge in [-0.05, 0) is 49.9 Å². The van der Waals surface area contributed by atoms with Crippen LogP contribution in [0.15, 0.2) is 24.3 Å². The minimum Gasteiger partial charge on any atom is -0.497 e. The molecular formula is C20H25N3O3S. The van der Waals surface area contributed by atoms with E-state index in [9.17, 15) is 9.59 Å². The number of rotatable bonds is 7. The summed E-state index contributed by atoms with van der Waals surface area (Å²) < 4.78 is 5.11. The Morgan fingerprint density at radius 3 is 2.78 bits per heavy atom. The van der Waals surface area contributed by atoms with Gasteiger partial charge in [0.1, 0.15) is 5.75 Å².